The fraction of sp³-hybridized carbons (Fsp3) is 0.846. The molecule has 0 aliphatic carbocycles. The SMILES string of the molecule is CC(C)CCC(=O)N1CCCC[C@@H]1CC(N)=O. The number of hydrogen-bond acceptors (Lipinski definition) is 2. The van der Waals surface area contributed by atoms with Crippen molar-refractivity contribution in [3.8, 4) is 0 Å². The quantitative estimate of drug-likeness (QED) is 0.794. The van der Waals surface area contributed by atoms with Gasteiger partial charge in [-0.2, -0.15) is 0 Å². The lowest BCUT2D eigenvalue weighted by Gasteiger charge is -2.35. The zero-order chi connectivity index (χ0) is 12.8. The highest BCUT2D eigenvalue weighted by molar-refractivity contribution is 5.79. The predicted molar refractivity (Wildman–Crippen MR) is 67.2 cm³/mol. The Morgan fingerprint density at radius 1 is 1.35 bits per heavy atom. The van der Waals surface area contributed by atoms with E-state index in [-0.39, 0.29) is 17.9 Å². The van der Waals surface area contributed by atoms with E-state index in [9.17, 15) is 9.59 Å². The van der Waals surface area contributed by atoms with Crippen LogP contribution in [0.1, 0.15) is 52.4 Å². The fourth-order valence-corrected chi connectivity index (χ4v) is 2.33. The topological polar surface area (TPSA) is 63.4 Å². The van der Waals surface area contributed by atoms with Crippen molar-refractivity contribution in [3.63, 3.8) is 0 Å². The first-order chi connectivity index (χ1) is 8.00. The lowest BCUT2D eigenvalue weighted by molar-refractivity contribution is -0.136. The third-order valence-corrected chi connectivity index (χ3v) is 3.32. The first kappa shape index (κ1) is 14.0. The molecule has 98 valence electrons. The first-order valence-corrected chi connectivity index (χ1v) is 6.58. The minimum Gasteiger partial charge on any atom is -0.370 e. The van der Waals surface area contributed by atoms with Gasteiger partial charge in [-0.05, 0) is 31.6 Å². The summed E-state index contributed by atoms with van der Waals surface area (Å²) in [4.78, 5) is 24.9. The van der Waals surface area contributed by atoms with Gasteiger partial charge in [0.25, 0.3) is 0 Å². The Hall–Kier alpha value is -1.06. The van der Waals surface area contributed by atoms with E-state index in [0.717, 1.165) is 32.2 Å². The summed E-state index contributed by atoms with van der Waals surface area (Å²) in [7, 11) is 0. The third-order valence-electron chi connectivity index (χ3n) is 3.32. The van der Waals surface area contributed by atoms with Gasteiger partial charge >= 0.3 is 0 Å². The van der Waals surface area contributed by atoms with Crippen molar-refractivity contribution in [1.82, 2.24) is 4.90 Å². The lowest BCUT2D eigenvalue weighted by Crippen LogP contribution is -2.45. The molecule has 1 heterocycles. The first-order valence-electron chi connectivity index (χ1n) is 6.58. The molecule has 0 radical (unpaired) electrons. The van der Waals surface area contributed by atoms with Crippen LogP contribution in [0.15, 0.2) is 0 Å². The number of rotatable bonds is 5. The van der Waals surface area contributed by atoms with Crippen LogP contribution in [0.25, 0.3) is 0 Å². The summed E-state index contributed by atoms with van der Waals surface area (Å²) in [6, 6.07) is 0.0425. The molecule has 4 nitrogen and oxygen atoms in total. The maximum atomic E-state index is 12.1. The monoisotopic (exact) mass is 240 g/mol. The van der Waals surface area contributed by atoms with Crippen LogP contribution in [0.5, 0.6) is 0 Å². The van der Waals surface area contributed by atoms with E-state index in [1.807, 2.05) is 4.90 Å². The largest absolute Gasteiger partial charge is 0.370 e. The van der Waals surface area contributed by atoms with Crippen molar-refractivity contribution in [2.24, 2.45) is 11.7 Å². The Morgan fingerprint density at radius 3 is 2.65 bits per heavy atom. The summed E-state index contributed by atoms with van der Waals surface area (Å²) in [6.07, 6.45) is 4.86. The molecule has 0 spiro atoms. The van der Waals surface area contributed by atoms with Crippen LogP contribution in [0, 0.1) is 5.92 Å². The lowest BCUT2D eigenvalue weighted by atomic mass is 9.97. The van der Waals surface area contributed by atoms with Crippen molar-refractivity contribution in [2.75, 3.05) is 6.54 Å². The Labute approximate surface area is 104 Å². The van der Waals surface area contributed by atoms with Crippen molar-refractivity contribution in [3.05, 3.63) is 0 Å². The summed E-state index contributed by atoms with van der Waals surface area (Å²) in [5, 5.41) is 0. The fourth-order valence-electron chi connectivity index (χ4n) is 2.33. The molecule has 0 unspecified atom stereocenters. The van der Waals surface area contributed by atoms with Gasteiger partial charge in [-0.1, -0.05) is 13.8 Å². The van der Waals surface area contributed by atoms with Gasteiger partial charge in [-0.3, -0.25) is 9.59 Å². The predicted octanol–water partition coefficient (Wildman–Crippen LogP) is 1.68. The molecule has 2 N–H and O–H groups in total. The van der Waals surface area contributed by atoms with Gasteiger partial charge in [-0.25, -0.2) is 0 Å². The second-order valence-corrected chi connectivity index (χ2v) is 5.34. The number of carbonyl (C=O) groups is 2. The van der Waals surface area contributed by atoms with Crippen LogP contribution in [0.3, 0.4) is 0 Å². The molecule has 1 saturated heterocycles. The molecular formula is C13H24N2O2. The van der Waals surface area contributed by atoms with Gasteiger partial charge in [-0.15, -0.1) is 0 Å². The summed E-state index contributed by atoms with van der Waals surface area (Å²) < 4.78 is 0. The molecule has 1 fully saturated rings. The van der Waals surface area contributed by atoms with E-state index >= 15 is 0 Å². The maximum absolute atomic E-state index is 12.1. The van der Waals surface area contributed by atoms with Gasteiger partial charge < -0.3 is 10.6 Å². The van der Waals surface area contributed by atoms with Gasteiger partial charge in [0.05, 0.1) is 0 Å². The van der Waals surface area contributed by atoms with E-state index in [2.05, 4.69) is 13.8 Å². The van der Waals surface area contributed by atoms with Gasteiger partial charge in [0.1, 0.15) is 0 Å². The number of nitrogens with zero attached hydrogens (tertiary/aromatic N) is 1. The molecule has 17 heavy (non-hydrogen) atoms. The molecule has 1 rings (SSSR count). The van der Waals surface area contributed by atoms with Crippen LogP contribution in [0.4, 0.5) is 0 Å². The minimum absolute atomic E-state index is 0.0425. The number of nitrogens with two attached hydrogens (primary N) is 1. The molecule has 0 aromatic rings. The second-order valence-electron chi connectivity index (χ2n) is 5.34. The summed E-state index contributed by atoms with van der Waals surface area (Å²) in [5.74, 6) is 0.418. The van der Waals surface area contributed by atoms with Crippen LogP contribution < -0.4 is 5.73 Å². The highest BCUT2D eigenvalue weighted by Gasteiger charge is 2.27. The Morgan fingerprint density at radius 2 is 2.06 bits per heavy atom. The normalized spacial score (nSPS) is 20.6. The average Bonchev–Trinajstić information content (AvgIpc) is 2.25. The molecule has 4 heteroatoms. The van der Waals surface area contributed by atoms with Crippen molar-refractivity contribution < 1.29 is 9.59 Å². The molecule has 0 saturated carbocycles. The number of primary amides is 1. The van der Waals surface area contributed by atoms with Crippen LogP contribution in [-0.4, -0.2) is 29.3 Å². The minimum atomic E-state index is -0.307. The number of hydrogen-bond donors (Lipinski definition) is 1. The van der Waals surface area contributed by atoms with E-state index in [4.69, 9.17) is 5.73 Å². The molecular weight excluding hydrogens is 216 g/mol. The van der Waals surface area contributed by atoms with Gasteiger partial charge in [0.2, 0.25) is 11.8 Å². The highest BCUT2D eigenvalue weighted by atomic mass is 16.2. The third kappa shape index (κ3) is 4.75. The molecule has 2 amide bonds. The Bertz CT molecular complexity index is 277. The molecule has 1 aliphatic heterocycles. The number of amides is 2. The molecule has 0 aromatic carbocycles. The van der Waals surface area contributed by atoms with Crippen molar-refractivity contribution in [1.29, 1.82) is 0 Å². The number of likely N-dealkylation sites (tertiary alicyclic amines) is 1. The summed E-state index contributed by atoms with van der Waals surface area (Å²) in [6.45, 7) is 5.02. The van der Waals surface area contributed by atoms with Gasteiger partial charge in [0.15, 0.2) is 0 Å². The Kier molecular flexibility index (Phi) is 5.45. The highest BCUT2D eigenvalue weighted by Crippen LogP contribution is 2.21. The number of carbonyl (C=O) groups excluding carboxylic acids is 2. The molecule has 1 atom stereocenters. The standard InChI is InChI=1S/C13H24N2O2/c1-10(2)6-7-13(17)15-8-4-3-5-11(15)9-12(14)16/h10-11H,3-9H2,1-2H3,(H2,14,16)/t11-/m1/s1. The molecule has 0 aromatic heterocycles. The van der Waals surface area contributed by atoms with Crippen LogP contribution in [0.2, 0.25) is 0 Å². The zero-order valence-corrected chi connectivity index (χ0v) is 10.9. The van der Waals surface area contributed by atoms with Gasteiger partial charge in [0, 0.05) is 25.4 Å². The summed E-state index contributed by atoms with van der Waals surface area (Å²) in [5.41, 5.74) is 5.23. The van der Waals surface area contributed by atoms with E-state index in [1.165, 1.54) is 0 Å². The van der Waals surface area contributed by atoms with E-state index in [1.54, 1.807) is 0 Å². The smallest absolute Gasteiger partial charge is 0.222 e. The van der Waals surface area contributed by atoms with E-state index < -0.39 is 0 Å². The summed E-state index contributed by atoms with van der Waals surface area (Å²) >= 11 is 0. The van der Waals surface area contributed by atoms with E-state index in [0.29, 0.717) is 18.8 Å². The average molecular weight is 240 g/mol. The zero-order valence-electron chi connectivity index (χ0n) is 10.9. The molecule has 1 aliphatic rings. The number of piperidine rings is 1. The molecule has 0 bridgehead atoms. The second kappa shape index (κ2) is 6.62. The van der Waals surface area contributed by atoms with Crippen molar-refractivity contribution >= 4 is 11.8 Å². The van der Waals surface area contributed by atoms with Crippen molar-refractivity contribution in [2.45, 2.75) is 58.4 Å². The Balaban J connectivity index is 2.51. The van der Waals surface area contributed by atoms with Crippen LogP contribution in [-0.2, 0) is 9.59 Å². The van der Waals surface area contributed by atoms with Crippen LogP contribution >= 0.6 is 0 Å². The maximum Gasteiger partial charge on any atom is 0.222 e.